The highest BCUT2D eigenvalue weighted by atomic mass is 15.4. The molecule has 6 nitrogen and oxygen atoms in total. The van der Waals surface area contributed by atoms with Crippen LogP contribution in [0.3, 0.4) is 0 Å². The topological polar surface area (TPSA) is 50.1 Å². The average molecular weight is 369 g/mol. The van der Waals surface area contributed by atoms with Gasteiger partial charge in [-0.1, -0.05) is 20.8 Å². The molecule has 146 valence electrons. The molecule has 2 aromatic rings. The Labute approximate surface area is 162 Å². The third-order valence-electron chi connectivity index (χ3n) is 6.08. The molecular weight excluding hydrogens is 336 g/mol. The van der Waals surface area contributed by atoms with E-state index in [4.69, 9.17) is 5.10 Å². The SMILES string of the molecule is CN(Cc1c2c(nn1C)CCCC2)C1CN(c2ccc(C(C)(C)C)nn2)C1. The first-order valence-corrected chi connectivity index (χ1v) is 10.2. The van der Waals surface area contributed by atoms with Gasteiger partial charge in [-0.3, -0.25) is 9.58 Å². The van der Waals surface area contributed by atoms with Crippen molar-refractivity contribution in [1.82, 2.24) is 24.9 Å². The van der Waals surface area contributed by atoms with Crippen molar-refractivity contribution < 1.29 is 0 Å². The van der Waals surface area contributed by atoms with E-state index in [2.05, 4.69) is 71.7 Å². The number of fused-ring (bicyclic) bond motifs is 1. The summed E-state index contributed by atoms with van der Waals surface area (Å²) in [6, 6.07) is 4.78. The fourth-order valence-electron chi connectivity index (χ4n) is 4.13. The van der Waals surface area contributed by atoms with Crippen LogP contribution in [0.4, 0.5) is 5.82 Å². The Morgan fingerprint density at radius 1 is 1.11 bits per heavy atom. The minimum Gasteiger partial charge on any atom is -0.352 e. The zero-order valence-corrected chi connectivity index (χ0v) is 17.4. The van der Waals surface area contributed by atoms with Gasteiger partial charge in [0, 0.05) is 38.1 Å². The molecule has 0 bridgehead atoms. The summed E-state index contributed by atoms with van der Waals surface area (Å²) in [7, 11) is 4.33. The van der Waals surface area contributed by atoms with Crippen LogP contribution in [0, 0.1) is 0 Å². The van der Waals surface area contributed by atoms with Gasteiger partial charge < -0.3 is 4.90 Å². The van der Waals surface area contributed by atoms with Crippen LogP contribution in [0.2, 0.25) is 0 Å². The lowest BCUT2D eigenvalue weighted by molar-refractivity contribution is 0.192. The molecule has 1 aliphatic carbocycles. The second kappa shape index (κ2) is 6.89. The molecule has 4 rings (SSSR count). The molecular formula is C21H32N6. The molecule has 6 heteroatoms. The van der Waals surface area contributed by atoms with Crippen molar-refractivity contribution >= 4 is 5.82 Å². The quantitative estimate of drug-likeness (QED) is 0.830. The van der Waals surface area contributed by atoms with Crippen molar-refractivity contribution in [2.45, 2.75) is 64.5 Å². The smallest absolute Gasteiger partial charge is 0.151 e. The Balaban J connectivity index is 1.36. The lowest BCUT2D eigenvalue weighted by Crippen LogP contribution is -2.58. The van der Waals surface area contributed by atoms with Crippen LogP contribution in [0.25, 0.3) is 0 Å². The van der Waals surface area contributed by atoms with Crippen LogP contribution in [0.15, 0.2) is 12.1 Å². The van der Waals surface area contributed by atoms with Crippen molar-refractivity contribution in [2.75, 3.05) is 25.0 Å². The van der Waals surface area contributed by atoms with E-state index >= 15 is 0 Å². The molecule has 1 fully saturated rings. The van der Waals surface area contributed by atoms with Gasteiger partial charge >= 0.3 is 0 Å². The van der Waals surface area contributed by atoms with E-state index in [-0.39, 0.29) is 5.41 Å². The maximum atomic E-state index is 4.76. The van der Waals surface area contributed by atoms with E-state index in [1.807, 2.05) is 0 Å². The minimum atomic E-state index is 0.0471. The second-order valence-corrected chi connectivity index (χ2v) is 9.20. The van der Waals surface area contributed by atoms with Crippen LogP contribution in [0.1, 0.15) is 56.3 Å². The third kappa shape index (κ3) is 3.59. The molecule has 0 unspecified atom stereocenters. The van der Waals surface area contributed by atoms with Crippen LogP contribution < -0.4 is 4.90 Å². The molecule has 0 amide bonds. The summed E-state index contributed by atoms with van der Waals surface area (Å²) >= 11 is 0. The Bertz CT molecular complexity index is 795. The third-order valence-corrected chi connectivity index (χ3v) is 6.08. The number of likely N-dealkylation sites (N-methyl/N-ethyl adjacent to an activating group) is 1. The molecule has 0 N–H and O–H groups in total. The fourth-order valence-corrected chi connectivity index (χ4v) is 4.13. The highest BCUT2D eigenvalue weighted by Gasteiger charge is 2.32. The molecule has 3 heterocycles. The normalized spacial score (nSPS) is 17.9. The van der Waals surface area contributed by atoms with Crippen LogP contribution in [-0.4, -0.2) is 51.1 Å². The van der Waals surface area contributed by atoms with Gasteiger partial charge in [0.05, 0.1) is 17.1 Å². The van der Waals surface area contributed by atoms with Crippen LogP contribution in [0.5, 0.6) is 0 Å². The highest BCUT2D eigenvalue weighted by molar-refractivity contribution is 5.42. The summed E-state index contributed by atoms with van der Waals surface area (Å²) in [5, 5.41) is 13.6. The minimum absolute atomic E-state index is 0.0471. The van der Waals surface area contributed by atoms with Gasteiger partial charge in [0.2, 0.25) is 0 Å². The van der Waals surface area contributed by atoms with E-state index in [0.29, 0.717) is 6.04 Å². The lowest BCUT2D eigenvalue weighted by atomic mass is 9.92. The fraction of sp³-hybridized carbons (Fsp3) is 0.667. The second-order valence-electron chi connectivity index (χ2n) is 9.20. The Hall–Kier alpha value is -1.95. The lowest BCUT2D eigenvalue weighted by Gasteiger charge is -2.44. The summed E-state index contributed by atoms with van der Waals surface area (Å²) in [4.78, 5) is 4.79. The maximum absolute atomic E-state index is 4.76. The average Bonchev–Trinajstić information content (AvgIpc) is 2.89. The first-order valence-electron chi connectivity index (χ1n) is 10.2. The van der Waals surface area contributed by atoms with Crippen molar-refractivity contribution in [3.05, 3.63) is 34.8 Å². The molecule has 27 heavy (non-hydrogen) atoms. The number of hydrogen-bond acceptors (Lipinski definition) is 5. The number of aryl methyl sites for hydroxylation is 2. The summed E-state index contributed by atoms with van der Waals surface area (Å²) < 4.78 is 2.11. The molecule has 1 saturated heterocycles. The van der Waals surface area contributed by atoms with Crippen molar-refractivity contribution in [3.8, 4) is 0 Å². The van der Waals surface area contributed by atoms with Gasteiger partial charge in [-0.15, -0.1) is 5.10 Å². The zero-order chi connectivity index (χ0) is 19.2. The summed E-state index contributed by atoms with van der Waals surface area (Å²) in [6.45, 7) is 9.51. The molecule has 0 spiro atoms. The predicted octanol–water partition coefficient (Wildman–Crippen LogP) is 2.71. The number of hydrogen-bond donors (Lipinski definition) is 0. The molecule has 2 aromatic heterocycles. The molecule has 0 atom stereocenters. The van der Waals surface area contributed by atoms with Crippen LogP contribution >= 0.6 is 0 Å². The van der Waals surface area contributed by atoms with Crippen molar-refractivity contribution in [1.29, 1.82) is 0 Å². The Morgan fingerprint density at radius 3 is 2.52 bits per heavy atom. The standard InChI is InChI=1S/C21H32N6/c1-21(2,3)19-10-11-20(23-22-19)27-12-15(13-27)25(4)14-18-16-8-6-7-9-17(16)24-26(18)5/h10-11,15H,6-9,12-14H2,1-5H3. The van der Waals surface area contributed by atoms with Crippen molar-refractivity contribution in [2.24, 2.45) is 7.05 Å². The monoisotopic (exact) mass is 368 g/mol. The first kappa shape index (κ1) is 18.4. The number of rotatable bonds is 4. The van der Waals surface area contributed by atoms with E-state index in [1.165, 1.54) is 36.2 Å². The van der Waals surface area contributed by atoms with Crippen molar-refractivity contribution in [3.63, 3.8) is 0 Å². The van der Waals surface area contributed by atoms with E-state index in [9.17, 15) is 0 Å². The first-order chi connectivity index (χ1) is 12.8. The molecule has 1 aliphatic heterocycles. The molecule has 2 aliphatic rings. The predicted molar refractivity (Wildman–Crippen MR) is 108 cm³/mol. The maximum Gasteiger partial charge on any atom is 0.151 e. The van der Waals surface area contributed by atoms with Gasteiger partial charge in [-0.25, -0.2) is 0 Å². The summed E-state index contributed by atoms with van der Waals surface area (Å²) in [5.74, 6) is 0.991. The zero-order valence-electron chi connectivity index (χ0n) is 17.4. The highest BCUT2D eigenvalue weighted by Crippen LogP contribution is 2.27. The summed E-state index contributed by atoms with van der Waals surface area (Å²) in [6.07, 6.45) is 4.92. The summed E-state index contributed by atoms with van der Waals surface area (Å²) in [5.41, 5.74) is 5.33. The van der Waals surface area contributed by atoms with Gasteiger partial charge in [-0.2, -0.15) is 10.2 Å². The molecule has 0 saturated carbocycles. The van der Waals surface area contributed by atoms with Gasteiger partial charge in [0.15, 0.2) is 5.82 Å². The van der Waals surface area contributed by atoms with Gasteiger partial charge in [0.1, 0.15) is 0 Å². The van der Waals surface area contributed by atoms with Gasteiger partial charge in [-0.05, 0) is 50.4 Å². The molecule has 0 aromatic carbocycles. The Morgan fingerprint density at radius 2 is 1.85 bits per heavy atom. The van der Waals surface area contributed by atoms with Crippen LogP contribution in [-0.2, 0) is 31.8 Å². The largest absolute Gasteiger partial charge is 0.352 e. The van der Waals surface area contributed by atoms with E-state index in [1.54, 1.807) is 0 Å². The number of anilines is 1. The molecule has 0 radical (unpaired) electrons. The van der Waals surface area contributed by atoms with Gasteiger partial charge in [0.25, 0.3) is 0 Å². The van der Waals surface area contributed by atoms with E-state index < -0.39 is 0 Å². The number of nitrogens with zero attached hydrogens (tertiary/aromatic N) is 6. The Kier molecular flexibility index (Phi) is 4.70. The number of aromatic nitrogens is 4. The van der Waals surface area contributed by atoms with E-state index in [0.717, 1.165) is 37.6 Å².